The monoisotopic (exact) mass is 417 g/mol. The smallest absolute Gasteiger partial charge is 0.227 e. The standard InChI is InChI=1S/C22H28ClN3O3/c1-2-13-9-20(27)25-19-11-16(5-8-18(13)19)24-22(29)14-10-21(28)26(12-14)17-6-3-15(23)4-7-17/h3-4,6-7,13-14,16,18-19H,2,5,8-12H2,1H3,(H,24,29)(H,25,27). The van der Waals surface area contributed by atoms with Gasteiger partial charge in [-0.15, -0.1) is 0 Å². The van der Waals surface area contributed by atoms with Crippen LogP contribution in [0.1, 0.15) is 45.4 Å². The molecule has 7 heteroatoms. The van der Waals surface area contributed by atoms with Gasteiger partial charge in [-0.1, -0.05) is 24.9 Å². The van der Waals surface area contributed by atoms with Crippen molar-refractivity contribution in [1.82, 2.24) is 10.6 Å². The molecule has 156 valence electrons. The third kappa shape index (κ3) is 4.27. The molecule has 3 amide bonds. The summed E-state index contributed by atoms with van der Waals surface area (Å²) in [6.07, 6.45) is 4.60. The highest BCUT2D eigenvalue weighted by Crippen LogP contribution is 2.37. The SMILES string of the molecule is CCC1CC(=O)NC2CC(NC(=O)C3CC(=O)N(c4ccc(Cl)cc4)C3)CCC12. The Hall–Kier alpha value is -2.08. The quantitative estimate of drug-likeness (QED) is 0.790. The minimum atomic E-state index is -0.347. The molecule has 29 heavy (non-hydrogen) atoms. The zero-order valence-electron chi connectivity index (χ0n) is 16.7. The fraction of sp³-hybridized carbons (Fsp3) is 0.591. The van der Waals surface area contributed by atoms with Crippen LogP contribution in [0.5, 0.6) is 0 Å². The second kappa shape index (κ2) is 8.34. The van der Waals surface area contributed by atoms with Gasteiger partial charge in [0.15, 0.2) is 0 Å². The summed E-state index contributed by atoms with van der Waals surface area (Å²) in [6.45, 7) is 2.54. The fourth-order valence-corrected chi connectivity index (χ4v) is 5.36. The predicted octanol–water partition coefficient (Wildman–Crippen LogP) is 2.89. The maximum Gasteiger partial charge on any atom is 0.227 e. The first-order chi connectivity index (χ1) is 13.9. The minimum absolute atomic E-state index is 0.0403. The summed E-state index contributed by atoms with van der Waals surface area (Å²) >= 11 is 5.92. The van der Waals surface area contributed by atoms with Crippen molar-refractivity contribution < 1.29 is 14.4 Å². The summed E-state index contributed by atoms with van der Waals surface area (Å²) in [4.78, 5) is 38.9. The number of benzene rings is 1. The van der Waals surface area contributed by atoms with E-state index in [2.05, 4.69) is 17.6 Å². The van der Waals surface area contributed by atoms with Gasteiger partial charge in [0.25, 0.3) is 0 Å². The van der Waals surface area contributed by atoms with Crippen LogP contribution in [0.25, 0.3) is 0 Å². The predicted molar refractivity (Wildman–Crippen MR) is 112 cm³/mol. The van der Waals surface area contributed by atoms with Gasteiger partial charge < -0.3 is 15.5 Å². The average molecular weight is 418 g/mol. The van der Waals surface area contributed by atoms with Gasteiger partial charge in [-0.2, -0.15) is 0 Å². The fourth-order valence-electron chi connectivity index (χ4n) is 5.23. The Morgan fingerprint density at radius 1 is 1.21 bits per heavy atom. The first-order valence-electron chi connectivity index (χ1n) is 10.6. The van der Waals surface area contributed by atoms with Crippen LogP contribution >= 0.6 is 11.6 Å². The van der Waals surface area contributed by atoms with Gasteiger partial charge in [-0.3, -0.25) is 14.4 Å². The van der Waals surface area contributed by atoms with E-state index in [4.69, 9.17) is 11.6 Å². The Labute approximate surface area is 176 Å². The van der Waals surface area contributed by atoms with E-state index >= 15 is 0 Å². The number of carbonyl (C=O) groups excluding carboxylic acids is 3. The van der Waals surface area contributed by atoms with Crippen molar-refractivity contribution in [1.29, 1.82) is 0 Å². The van der Waals surface area contributed by atoms with Crippen molar-refractivity contribution in [2.75, 3.05) is 11.4 Å². The molecule has 1 aromatic rings. The highest BCUT2D eigenvalue weighted by molar-refractivity contribution is 6.30. The molecule has 1 aliphatic carbocycles. The molecule has 2 N–H and O–H groups in total. The topological polar surface area (TPSA) is 78.5 Å². The average Bonchev–Trinajstić information content (AvgIpc) is 3.09. The highest BCUT2D eigenvalue weighted by atomic mass is 35.5. The maximum absolute atomic E-state index is 12.8. The van der Waals surface area contributed by atoms with Gasteiger partial charge >= 0.3 is 0 Å². The van der Waals surface area contributed by atoms with Crippen molar-refractivity contribution in [3.05, 3.63) is 29.3 Å². The number of hydrogen-bond acceptors (Lipinski definition) is 3. The number of hydrogen-bond donors (Lipinski definition) is 2. The number of halogens is 1. The van der Waals surface area contributed by atoms with E-state index in [1.807, 2.05) is 0 Å². The lowest BCUT2D eigenvalue weighted by atomic mass is 9.70. The molecule has 2 aliphatic heterocycles. The van der Waals surface area contributed by atoms with Crippen LogP contribution < -0.4 is 15.5 Å². The lowest BCUT2D eigenvalue weighted by Crippen LogP contribution is -2.55. The van der Waals surface area contributed by atoms with Crippen LogP contribution in [0.3, 0.4) is 0 Å². The molecule has 3 fully saturated rings. The largest absolute Gasteiger partial charge is 0.353 e. The van der Waals surface area contributed by atoms with Crippen molar-refractivity contribution in [3.8, 4) is 0 Å². The molecule has 1 aromatic carbocycles. The minimum Gasteiger partial charge on any atom is -0.353 e. The van der Waals surface area contributed by atoms with E-state index in [1.54, 1.807) is 29.2 Å². The summed E-state index contributed by atoms with van der Waals surface area (Å²) in [5.74, 6) is 0.643. The third-order valence-electron chi connectivity index (χ3n) is 6.81. The van der Waals surface area contributed by atoms with Gasteiger partial charge in [0, 0.05) is 42.2 Å². The summed E-state index contributed by atoms with van der Waals surface area (Å²) in [6, 6.07) is 7.31. The van der Waals surface area contributed by atoms with Gasteiger partial charge in [0.2, 0.25) is 17.7 Å². The van der Waals surface area contributed by atoms with E-state index in [1.165, 1.54) is 0 Å². The summed E-state index contributed by atoms with van der Waals surface area (Å²) in [5, 5.41) is 6.90. The maximum atomic E-state index is 12.8. The molecular weight excluding hydrogens is 390 g/mol. The van der Waals surface area contributed by atoms with Crippen LogP contribution in [-0.4, -0.2) is 36.3 Å². The van der Waals surface area contributed by atoms with Crippen molar-refractivity contribution in [2.45, 2.75) is 57.5 Å². The molecule has 0 spiro atoms. The number of fused-ring (bicyclic) bond motifs is 1. The van der Waals surface area contributed by atoms with E-state index in [9.17, 15) is 14.4 Å². The number of nitrogens with one attached hydrogen (secondary N) is 2. The Morgan fingerprint density at radius 2 is 1.97 bits per heavy atom. The zero-order chi connectivity index (χ0) is 20.5. The highest BCUT2D eigenvalue weighted by Gasteiger charge is 2.41. The van der Waals surface area contributed by atoms with Crippen LogP contribution in [0.4, 0.5) is 5.69 Å². The van der Waals surface area contributed by atoms with Crippen LogP contribution in [0, 0.1) is 17.8 Å². The number of rotatable bonds is 4. The number of anilines is 1. The van der Waals surface area contributed by atoms with Gasteiger partial charge in [-0.05, 0) is 55.4 Å². The van der Waals surface area contributed by atoms with E-state index in [0.717, 1.165) is 31.4 Å². The van der Waals surface area contributed by atoms with Crippen molar-refractivity contribution in [2.24, 2.45) is 17.8 Å². The van der Waals surface area contributed by atoms with Crippen molar-refractivity contribution in [3.63, 3.8) is 0 Å². The molecule has 0 bridgehead atoms. The van der Waals surface area contributed by atoms with Crippen LogP contribution in [0.2, 0.25) is 5.02 Å². The molecule has 4 rings (SSSR count). The molecule has 1 saturated carbocycles. The lowest BCUT2D eigenvalue weighted by molar-refractivity contribution is -0.128. The zero-order valence-corrected chi connectivity index (χ0v) is 17.5. The molecule has 0 radical (unpaired) electrons. The second-order valence-corrected chi connectivity index (χ2v) is 9.05. The number of carbonyl (C=O) groups is 3. The van der Waals surface area contributed by atoms with Gasteiger partial charge in [-0.25, -0.2) is 0 Å². The Balaban J connectivity index is 1.35. The lowest BCUT2D eigenvalue weighted by Gasteiger charge is -2.44. The third-order valence-corrected chi connectivity index (χ3v) is 7.06. The molecule has 0 aromatic heterocycles. The summed E-state index contributed by atoms with van der Waals surface area (Å²) in [5.41, 5.74) is 0.769. The molecule has 6 nitrogen and oxygen atoms in total. The first-order valence-corrected chi connectivity index (χ1v) is 11.0. The van der Waals surface area contributed by atoms with Crippen LogP contribution in [0.15, 0.2) is 24.3 Å². The van der Waals surface area contributed by atoms with E-state index in [0.29, 0.717) is 29.8 Å². The second-order valence-electron chi connectivity index (χ2n) is 8.61. The Kier molecular flexibility index (Phi) is 5.81. The Bertz CT molecular complexity index is 797. The molecule has 5 unspecified atom stereocenters. The molecular formula is C22H28ClN3O3. The van der Waals surface area contributed by atoms with E-state index < -0.39 is 0 Å². The van der Waals surface area contributed by atoms with Crippen molar-refractivity contribution >= 4 is 35.0 Å². The molecule has 3 aliphatic rings. The normalized spacial score (nSPS) is 31.9. The van der Waals surface area contributed by atoms with Crippen LogP contribution in [-0.2, 0) is 14.4 Å². The van der Waals surface area contributed by atoms with Gasteiger partial charge in [0.1, 0.15) is 0 Å². The first kappa shape index (κ1) is 20.2. The Morgan fingerprint density at radius 3 is 2.69 bits per heavy atom. The molecule has 2 saturated heterocycles. The van der Waals surface area contributed by atoms with Gasteiger partial charge in [0.05, 0.1) is 5.92 Å². The summed E-state index contributed by atoms with van der Waals surface area (Å²) in [7, 11) is 0. The molecule has 2 heterocycles. The number of nitrogens with zero attached hydrogens (tertiary/aromatic N) is 1. The number of amides is 3. The molecule has 5 atom stereocenters. The summed E-state index contributed by atoms with van der Waals surface area (Å²) < 4.78 is 0. The number of piperidine rings is 1. The van der Waals surface area contributed by atoms with E-state index in [-0.39, 0.29) is 42.1 Å².